The molecule has 64 valence electrons. The van der Waals surface area contributed by atoms with Gasteiger partial charge in [0.1, 0.15) is 5.69 Å². The maximum absolute atomic E-state index is 11.8. The van der Waals surface area contributed by atoms with Crippen molar-refractivity contribution in [2.45, 2.75) is 6.42 Å². The largest absolute Gasteiger partial charge is 0.627 e. The molecule has 0 unspecified atom stereocenters. The van der Waals surface area contributed by atoms with Crippen LogP contribution in [-0.2, 0) is 0 Å². The zero-order valence-electron chi connectivity index (χ0n) is 6.66. The molecule has 0 N–H and O–H groups in total. The average Bonchev–Trinajstić information content (AvgIpc) is 2.02. The molecule has 1 fully saturated rings. The van der Waals surface area contributed by atoms with Gasteiger partial charge in [0.15, 0.2) is 0 Å². The molecule has 1 heterocycles. The van der Waals surface area contributed by atoms with E-state index in [1.54, 1.807) is 0 Å². The van der Waals surface area contributed by atoms with Crippen molar-refractivity contribution in [3.63, 3.8) is 0 Å². The molecular formula is C9H10BrNO. The highest BCUT2D eigenvalue weighted by Crippen LogP contribution is 2.29. The Morgan fingerprint density at radius 3 is 2.17 bits per heavy atom. The lowest BCUT2D eigenvalue weighted by Crippen LogP contribution is -2.54. The number of quaternary nitrogens is 1. The molecular weight excluding hydrogens is 218 g/mol. The van der Waals surface area contributed by atoms with E-state index in [1.807, 2.05) is 24.3 Å². The molecule has 2 nitrogen and oxygen atoms in total. The Morgan fingerprint density at radius 1 is 1.17 bits per heavy atom. The minimum atomic E-state index is -0.132. The molecule has 0 saturated carbocycles. The van der Waals surface area contributed by atoms with E-state index in [2.05, 4.69) is 15.9 Å². The number of hydrogen-bond donors (Lipinski definition) is 0. The van der Waals surface area contributed by atoms with Gasteiger partial charge in [-0.25, -0.2) is 0 Å². The van der Waals surface area contributed by atoms with Crippen LogP contribution < -0.4 is 4.65 Å². The molecule has 0 radical (unpaired) electrons. The standard InChI is InChI=1S/C9H10BrNO/c10-8-2-4-9(5-3-8)11(12)6-1-7-11/h2-5H,1,6-7H2. The van der Waals surface area contributed by atoms with Crippen LogP contribution in [0.5, 0.6) is 0 Å². The number of hydrogen-bond acceptors (Lipinski definition) is 1. The summed E-state index contributed by atoms with van der Waals surface area (Å²) < 4.78 is 0.895. The maximum Gasteiger partial charge on any atom is 0.132 e. The number of rotatable bonds is 1. The normalized spacial score (nSPS) is 20.2. The van der Waals surface area contributed by atoms with Gasteiger partial charge in [-0.3, -0.25) is 0 Å². The average molecular weight is 228 g/mol. The van der Waals surface area contributed by atoms with Gasteiger partial charge >= 0.3 is 0 Å². The van der Waals surface area contributed by atoms with E-state index >= 15 is 0 Å². The number of hydroxylamine groups is 2. The second-order valence-electron chi connectivity index (χ2n) is 3.17. The quantitative estimate of drug-likeness (QED) is 0.535. The molecule has 0 spiro atoms. The summed E-state index contributed by atoms with van der Waals surface area (Å²) >= 11 is 3.34. The summed E-state index contributed by atoms with van der Waals surface area (Å²) in [7, 11) is 0. The van der Waals surface area contributed by atoms with Gasteiger partial charge in [-0.1, -0.05) is 15.9 Å². The van der Waals surface area contributed by atoms with E-state index in [1.165, 1.54) is 0 Å². The molecule has 0 aliphatic carbocycles. The topological polar surface area (TPSA) is 23.1 Å². The molecule has 0 atom stereocenters. The maximum atomic E-state index is 11.8. The van der Waals surface area contributed by atoms with Gasteiger partial charge in [0.05, 0.1) is 13.1 Å². The third kappa shape index (κ3) is 1.28. The molecule has 1 aromatic carbocycles. The highest BCUT2D eigenvalue weighted by atomic mass is 79.9. The van der Waals surface area contributed by atoms with Crippen molar-refractivity contribution in [3.8, 4) is 0 Å². The summed E-state index contributed by atoms with van der Waals surface area (Å²) in [6.45, 7) is 1.48. The van der Waals surface area contributed by atoms with Crippen LogP contribution in [0.15, 0.2) is 28.7 Å². The van der Waals surface area contributed by atoms with Crippen LogP contribution >= 0.6 is 15.9 Å². The van der Waals surface area contributed by atoms with Crippen molar-refractivity contribution in [1.82, 2.24) is 4.65 Å². The molecule has 0 amide bonds. The molecule has 1 aliphatic heterocycles. The summed E-state index contributed by atoms with van der Waals surface area (Å²) in [5.74, 6) is 0. The van der Waals surface area contributed by atoms with E-state index in [9.17, 15) is 5.21 Å². The third-order valence-electron chi connectivity index (χ3n) is 2.34. The van der Waals surface area contributed by atoms with E-state index in [-0.39, 0.29) is 4.65 Å². The van der Waals surface area contributed by atoms with Crippen molar-refractivity contribution in [1.29, 1.82) is 0 Å². The molecule has 1 aromatic rings. The molecule has 12 heavy (non-hydrogen) atoms. The Kier molecular flexibility index (Phi) is 1.94. The zero-order valence-corrected chi connectivity index (χ0v) is 8.25. The first-order valence-corrected chi connectivity index (χ1v) is 4.84. The second kappa shape index (κ2) is 2.83. The Bertz CT molecular complexity index is 279. The fraction of sp³-hybridized carbons (Fsp3) is 0.333. The van der Waals surface area contributed by atoms with Crippen LogP contribution in [0.4, 0.5) is 5.69 Å². The third-order valence-corrected chi connectivity index (χ3v) is 2.86. The van der Waals surface area contributed by atoms with E-state index < -0.39 is 0 Å². The van der Waals surface area contributed by atoms with Crippen molar-refractivity contribution in [2.75, 3.05) is 13.1 Å². The van der Waals surface area contributed by atoms with Crippen molar-refractivity contribution < 1.29 is 0 Å². The number of halogens is 1. The summed E-state index contributed by atoms with van der Waals surface area (Å²) in [4.78, 5) is 0. The first-order valence-electron chi connectivity index (χ1n) is 4.05. The predicted molar refractivity (Wildman–Crippen MR) is 53.7 cm³/mol. The van der Waals surface area contributed by atoms with Gasteiger partial charge in [-0.05, 0) is 12.1 Å². The Balaban J connectivity index is 2.28. The molecule has 0 aromatic heterocycles. The highest BCUT2D eigenvalue weighted by molar-refractivity contribution is 9.10. The van der Waals surface area contributed by atoms with Gasteiger partial charge in [-0.2, -0.15) is 0 Å². The number of benzene rings is 1. The van der Waals surface area contributed by atoms with Gasteiger partial charge in [-0.15, -0.1) is 0 Å². The Hall–Kier alpha value is -0.380. The molecule has 1 saturated heterocycles. The SMILES string of the molecule is [O-][N+]1(c2ccc(Br)cc2)CCC1. The minimum Gasteiger partial charge on any atom is -0.627 e. The van der Waals surface area contributed by atoms with Crippen LogP contribution in [0.2, 0.25) is 0 Å². The monoisotopic (exact) mass is 227 g/mol. The van der Waals surface area contributed by atoms with Crippen molar-refractivity contribution >= 4 is 21.6 Å². The van der Waals surface area contributed by atoms with E-state index in [4.69, 9.17) is 0 Å². The molecule has 2 rings (SSSR count). The van der Waals surface area contributed by atoms with Gasteiger partial charge in [0.2, 0.25) is 0 Å². The van der Waals surface area contributed by atoms with E-state index in [0.717, 1.165) is 29.7 Å². The summed E-state index contributed by atoms with van der Waals surface area (Å²) in [5.41, 5.74) is 0.879. The highest BCUT2D eigenvalue weighted by Gasteiger charge is 2.28. The first-order chi connectivity index (χ1) is 5.71. The lowest BCUT2D eigenvalue weighted by Gasteiger charge is -2.49. The lowest BCUT2D eigenvalue weighted by molar-refractivity contribution is 0.263. The Morgan fingerprint density at radius 2 is 1.75 bits per heavy atom. The Labute approximate surface area is 80.1 Å². The van der Waals surface area contributed by atoms with Crippen LogP contribution in [0.25, 0.3) is 0 Å². The molecule has 1 aliphatic rings. The second-order valence-corrected chi connectivity index (χ2v) is 4.08. The number of nitrogens with zero attached hydrogens (tertiary/aromatic N) is 1. The first kappa shape index (κ1) is 8.23. The fourth-order valence-corrected chi connectivity index (χ4v) is 1.68. The zero-order chi connectivity index (χ0) is 8.60. The van der Waals surface area contributed by atoms with Crippen molar-refractivity contribution in [3.05, 3.63) is 33.9 Å². The summed E-state index contributed by atoms with van der Waals surface area (Å²) in [5, 5.41) is 11.8. The van der Waals surface area contributed by atoms with Crippen LogP contribution in [0.3, 0.4) is 0 Å². The summed E-state index contributed by atoms with van der Waals surface area (Å²) in [6.07, 6.45) is 1.06. The van der Waals surface area contributed by atoms with E-state index in [0.29, 0.717) is 0 Å². The predicted octanol–water partition coefficient (Wildman–Crippen LogP) is 2.66. The summed E-state index contributed by atoms with van der Waals surface area (Å²) in [6, 6.07) is 7.64. The van der Waals surface area contributed by atoms with Gasteiger partial charge in [0, 0.05) is 23.0 Å². The van der Waals surface area contributed by atoms with Crippen molar-refractivity contribution in [2.24, 2.45) is 0 Å². The van der Waals surface area contributed by atoms with Gasteiger partial charge in [0.25, 0.3) is 0 Å². The van der Waals surface area contributed by atoms with Gasteiger partial charge < -0.3 is 9.85 Å². The molecule has 0 bridgehead atoms. The lowest BCUT2D eigenvalue weighted by atomic mass is 10.1. The smallest absolute Gasteiger partial charge is 0.132 e. The fourth-order valence-electron chi connectivity index (χ4n) is 1.42. The van der Waals surface area contributed by atoms with Crippen LogP contribution in [0.1, 0.15) is 6.42 Å². The molecule has 3 heteroatoms. The van der Waals surface area contributed by atoms with Crippen LogP contribution in [-0.4, -0.2) is 13.1 Å². The minimum absolute atomic E-state index is 0.132. The van der Waals surface area contributed by atoms with Crippen LogP contribution in [0, 0.1) is 5.21 Å².